The summed E-state index contributed by atoms with van der Waals surface area (Å²) in [6.45, 7) is 5.26. The summed E-state index contributed by atoms with van der Waals surface area (Å²) in [7, 11) is 0. The molecule has 0 amide bonds. The summed E-state index contributed by atoms with van der Waals surface area (Å²) in [5.41, 5.74) is 2.77. The number of aromatic nitrogens is 1. The highest BCUT2D eigenvalue weighted by atomic mass is 16.5. The second-order valence-corrected chi connectivity index (χ2v) is 7.15. The molecule has 0 radical (unpaired) electrons. The molecule has 5 heteroatoms. The van der Waals surface area contributed by atoms with E-state index < -0.39 is 0 Å². The molecule has 1 fully saturated rings. The Hall–Kier alpha value is -2.01. The van der Waals surface area contributed by atoms with Gasteiger partial charge in [0.05, 0.1) is 17.8 Å². The second kappa shape index (κ2) is 8.58. The normalized spacial score (nSPS) is 17.2. The standard InChI is InChI=1S/C20H27N3O2.CH4/c24-20-16-6-4-9-21-19(16)17-14-15(7-8-18(17)22-20)25-13-5-12-23-10-2-1-3-11-23;/h7-8,14,21H,1-6,9-13H2,(H,22,24);1H4. The molecule has 26 heavy (non-hydrogen) atoms. The highest BCUT2D eigenvalue weighted by Gasteiger charge is 2.16. The van der Waals surface area contributed by atoms with Crippen LogP contribution in [0.15, 0.2) is 23.0 Å². The smallest absolute Gasteiger partial charge is 0.253 e. The Kier molecular flexibility index (Phi) is 6.20. The van der Waals surface area contributed by atoms with E-state index in [2.05, 4.69) is 21.3 Å². The van der Waals surface area contributed by atoms with E-state index >= 15 is 0 Å². The molecule has 2 aliphatic heterocycles. The fourth-order valence-electron chi connectivity index (χ4n) is 3.98. The van der Waals surface area contributed by atoms with Gasteiger partial charge in [0, 0.05) is 24.0 Å². The number of pyridine rings is 1. The molecule has 2 aromatic rings. The summed E-state index contributed by atoms with van der Waals surface area (Å²) >= 11 is 0. The minimum absolute atomic E-state index is 0. The lowest BCUT2D eigenvalue weighted by atomic mass is 10.0. The maximum atomic E-state index is 12.2. The van der Waals surface area contributed by atoms with E-state index in [1.165, 1.54) is 32.4 Å². The van der Waals surface area contributed by atoms with E-state index in [9.17, 15) is 4.79 Å². The van der Waals surface area contributed by atoms with Gasteiger partial charge in [0.1, 0.15) is 5.75 Å². The van der Waals surface area contributed by atoms with E-state index in [1.807, 2.05) is 12.1 Å². The first-order valence-corrected chi connectivity index (χ1v) is 9.59. The minimum Gasteiger partial charge on any atom is -0.494 e. The zero-order valence-corrected chi connectivity index (χ0v) is 14.8. The van der Waals surface area contributed by atoms with Gasteiger partial charge in [-0.15, -0.1) is 0 Å². The maximum absolute atomic E-state index is 12.2. The first-order valence-electron chi connectivity index (χ1n) is 9.59. The highest BCUT2D eigenvalue weighted by molar-refractivity contribution is 5.94. The Morgan fingerprint density at radius 2 is 1.96 bits per heavy atom. The van der Waals surface area contributed by atoms with Crippen LogP contribution in [0.5, 0.6) is 5.75 Å². The molecule has 0 saturated carbocycles. The SMILES string of the molecule is C.O=c1[nH]c2ccc(OCCCN3CCCCC3)cc2c2c1CCCN2. The average molecular weight is 357 g/mol. The lowest BCUT2D eigenvalue weighted by Gasteiger charge is -2.26. The molecule has 2 N–H and O–H groups in total. The lowest BCUT2D eigenvalue weighted by Crippen LogP contribution is -2.31. The molecule has 5 nitrogen and oxygen atoms in total. The van der Waals surface area contributed by atoms with Gasteiger partial charge in [-0.25, -0.2) is 0 Å². The zero-order chi connectivity index (χ0) is 17.1. The third-order valence-electron chi connectivity index (χ3n) is 5.33. The topological polar surface area (TPSA) is 57.4 Å². The number of hydrogen-bond acceptors (Lipinski definition) is 4. The Morgan fingerprint density at radius 1 is 1.12 bits per heavy atom. The summed E-state index contributed by atoms with van der Waals surface area (Å²) in [5.74, 6) is 0.882. The molecule has 0 unspecified atom stereocenters. The van der Waals surface area contributed by atoms with Crippen molar-refractivity contribution in [3.8, 4) is 5.75 Å². The Bertz CT molecular complexity index is 794. The third kappa shape index (κ3) is 4.04. The number of hydrogen-bond donors (Lipinski definition) is 2. The molecule has 1 aromatic heterocycles. The van der Waals surface area contributed by atoms with Crippen LogP contribution < -0.4 is 15.6 Å². The predicted molar refractivity (Wildman–Crippen MR) is 109 cm³/mol. The van der Waals surface area contributed by atoms with Gasteiger partial charge in [-0.1, -0.05) is 13.8 Å². The number of nitrogens with one attached hydrogen (secondary N) is 2. The molecule has 0 aliphatic carbocycles. The van der Waals surface area contributed by atoms with E-state index in [0.29, 0.717) is 0 Å². The molecule has 0 atom stereocenters. The first kappa shape index (κ1) is 18.8. The van der Waals surface area contributed by atoms with Gasteiger partial charge >= 0.3 is 0 Å². The number of benzene rings is 1. The van der Waals surface area contributed by atoms with E-state index in [0.717, 1.165) is 66.9 Å². The molecular formula is C21H31N3O2. The number of H-pyrrole nitrogens is 1. The third-order valence-corrected chi connectivity index (χ3v) is 5.33. The predicted octanol–water partition coefficient (Wildman–Crippen LogP) is 3.78. The number of rotatable bonds is 5. The fraction of sp³-hybridized carbons (Fsp3) is 0.571. The van der Waals surface area contributed by atoms with E-state index in [4.69, 9.17) is 4.74 Å². The van der Waals surface area contributed by atoms with E-state index in [-0.39, 0.29) is 13.0 Å². The molecule has 0 spiro atoms. The molecule has 1 saturated heterocycles. The quantitative estimate of drug-likeness (QED) is 0.800. The Balaban J connectivity index is 0.00000196. The van der Waals surface area contributed by atoms with Crippen molar-refractivity contribution in [3.63, 3.8) is 0 Å². The minimum atomic E-state index is 0. The van der Waals surface area contributed by atoms with Crippen molar-refractivity contribution in [2.75, 3.05) is 38.1 Å². The fourth-order valence-corrected chi connectivity index (χ4v) is 3.98. The van der Waals surface area contributed by atoms with Gasteiger partial charge in [-0.3, -0.25) is 4.79 Å². The Labute approximate surface area is 155 Å². The Morgan fingerprint density at radius 3 is 2.81 bits per heavy atom. The molecule has 0 bridgehead atoms. The number of aromatic amines is 1. The van der Waals surface area contributed by atoms with Gasteiger partial charge < -0.3 is 19.9 Å². The number of likely N-dealkylation sites (tertiary alicyclic amines) is 1. The van der Waals surface area contributed by atoms with Crippen LogP contribution in [0.3, 0.4) is 0 Å². The molecule has 142 valence electrons. The number of ether oxygens (including phenoxy) is 1. The van der Waals surface area contributed by atoms with Gasteiger partial charge in [-0.05, 0) is 63.4 Å². The molecule has 4 rings (SSSR count). The van der Waals surface area contributed by atoms with Crippen LogP contribution in [0.2, 0.25) is 0 Å². The largest absolute Gasteiger partial charge is 0.494 e. The zero-order valence-electron chi connectivity index (χ0n) is 14.8. The van der Waals surface area contributed by atoms with Crippen LogP contribution in [0, 0.1) is 0 Å². The maximum Gasteiger partial charge on any atom is 0.253 e. The van der Waals surface area contributed by atoms with Gasteiger partial charge in [0.15, 0.2) is 0 Å². The summed E-state index contributed by atoms with van der Waals surface area (Å²) in [6.07, 6.45) is 6.96. The summed E-state index contributed by atoms with van der Waals surface area (Å²) in [4.78, 5) is 17.7. The van der Waals surface area contributed by atoms with Crippen LogP contribution in [0.25, 0.3) is 10.9 Å². The van der Waals surface area contributed by atoms with Crippen LogP contribution in [-0.2, 0) is 6.42 Å². The van der Waals surface area contributed by atoms with Crippen molar-refractivity contribution in [1.29, 1.82) is 0 Å². The molecular weight excluding hydrogens is 326 g/mol. The van der Waals surface area contributed by atoms with Crippen LogP contribution >= 0.6 is 0 Å². The van der Waals surface area contributed by atoms with Crippen molar-refractivity contribution < 1.29 is 4.74 Å². The highest BCUT2D eigenvalue weighted by Crippen LogP contribution is 2.30. The van der Waals surface area contributed by atoms with Crippen molar-refractivity contribution in [3.05, 3.63) is 34.1 Å². The van der Waals surface area contributed by atoms with Gasteiger partial charge in [-0.2, -0.15) is 0 Å². The monoisotopic (exact) mass is 357 g/mol. The van der Waals surface area contributed by atoms with Gasteiger partial charge in [0.25, 0.3) is 5.56 Å². The van der Waals surface area contributed by atoms with Crippen molar-refractivity contribution in [2.45, 2.75) is 46.0 Å². The number of piperidine rings is 1. The summed E-state index contributed by atoms with van der Waals surface area (Å²) in [6, 6.07) is 5.96. The lowest BCUT2D eigenvalue weighted by molar-refractivity contribution is 0.205. The summed E-state index contributed by atoms with van der Waals surface area (Å²) < 4.78 is 5.98. The number of nitrogens with zero attached hydrogens (tertiary/aromatic N) is 1. The van der Waals surface area contributed by atoms with Crippen LogP contribution in [0.4, 0.5) is 5.69 Å². The van der Waals surface area contributed by atoms with Crippen molar-refractivity contribution in [1.82, 2.24) is 9.88 Å². The molecule has 2 aliphatic rings. The van der Waals surface area contributed by atoms with E-state index in [1.54, 1.807) is 0 Å². The summed E-state index contributed by atoms with van der Waals surface area (Å²) in [5, 5.41) is 4.46. The van der Waals surface area contributed by atoms with Crippen molar-refractivity contribution in [2.24, 2.45) is 0 Å². The number of anilines is 1. The number of fused-ring (bicyclic) bond motifs is 3. The van der Waals surface area contributed by atoms with Gasteiger partial charge in [0.2, 0.25) is 0 Å². The second-order valence-electron chi connectivity index (χ2n) is 7.15. The van der Waals surface area contributed by atoms with Crippen molar-refractivity contribution >= 4 is 16.6 Å². The molecule has 1 aromatic carbocycles. The van der Waals surface area contributed by atoms with Crippen LogP contribution in [-0.4, -0.2) is 42.7 Å². The average Bonchev–Trinajstić information content (AvgIpc) is 2.67. The van der Waals surface area contributed by atoms with Crippen LogP contribution in [0.1, 0.15) is 45.1 Å². The molecule has 3 heterocycles. The first-order chi connectivity index (χ1) is 12.3.